The maximum absolute atomic E-state index is 5.00. The molecular weight excluding hydrogens is 438 g/mol. The number of piperidine rings is 1. The summed E-state index contributed by atoms with van der Waals surface area (Å²) < 4.78 is 2.31. The summed E-state index contributed by atoms with van der Waals surface area (Å²) in [7, 11) is 0. The molecule has 5 rings (SSSR count). The number of hydrogen-bond donors (Lipinski definition) is 1. The lowest BCUT2D eigenvalue weighted by molar-refractivity contribution is 0.206. The van der Waals surface area contributed by atoms with Crippen molar-refractivity contribution in [2.45, 2.75) is 46.2 Å². The normalized spacial score (nSPS) is 18.7. The highest BCUT2D eigenvalue weighted by atomic mass is 32.2. The van der Waals surface area contributed by atoms with Crippen LogP contribution in [0.2, 0.25) is 0 Å². The van der Waals surface area contributed by atoms with Crippen LogP contribution in [0, 0.1) is 20.8 Å². The first-order chi connectivity index (χ1) is 16.6. The molecule has 2 aliphatic rings. The zero-order valence-corrected chi connectivity index (χ0v) is 21.1. The minimum atomic E-state index is 0.380. The van der Waals surface area contributed by atoms with Crippen LogP contribution >= 0.6 is 11.8 Å². The standard InChI is InChI=1S/C28H33N5S/c1-20-9-11-25(12-10-20)33-21(2)17-26(22(33)3)27-19-34-28(31-30-27)29-24-13-15-32(16-14-24)18-23-7-5-4-6-8-23/h4-12,17,24H,13-16,18-19H2,1-3H3,(H,29,31). The van der Waals surface area contributed by atoms with Crippen LogP contribution in [0.5, 0.6) is 0 Å². The number of nitrogens with one attached hydrogen (secondary N) is 1. The van der Waals surface area contributed by atoms with Crippen LogP contribution in [0.1, 0.15) is 40.9 Å². The number of likely N-dealkylation sites (tertiary alicyclic amines) is 1. The van der Waals surface area contributed by atoms with Gasteiger partial charge in [-0.3, -0.25) is 15.3 Å². The maximum Gasteiger partial charge on any atom is 0.177 e. The van der Waals surface area contributed by atoms with Gasteiger partial charge in [0.25, 0.3) is 0 Å². The maximum atomic E-state index is 5.00. The average Bonchev–Trinajstić information content (AvgIpc) is 3.16. The summed E-state index contributed by atoms with van der Waals surface area (Å²) in [5.74, 6) is 0.844. The molecule has 1 N–H and O–H groups in total. The second-order valence-electron chi connectivity index (χ2n) is 9.34. The van der Waals surface area contributed by atoms with Gasteiger partial charge in [-0.1, -0.05) is 59.8 Å². The van der Waals surface area contributed by atoms with Gasteiger partial charge in [-0.15, -0.1) is 0 Å². The van der Waals surface area contributed by atoms with E-state index in [4.69, 9.17) is 10.1 Å². The molecular formula is C28H33N5S. The van der Waals surface area contributed by atoms with Gasteiger partial charge in [-0.25, -0.2) is 0 Å². The van der Waals surface area contributed by atoms with E-state index in [9.17, 15) is 0 Å². The second-order valence-corrected chi connectivity index (χ2v) is 10.3. The summed E-state index contributed by atoms with van der Waals surface area (Å²) >= 11 is 1.77. The van der Waals surface area contributed by atoms with Gasteiger partial charge in [0.05, 0.1) is 11.8 Å². The van der Waals surface area contributed by atoms with Gasteiger partial charge in [0.2, 0.25) is 0 Å². The average molecular weight is 472 g/mol. The second kappa shape index (κ2) is 10.2. The van der Waals surface area contributed by atoms with E-state index in [0.717, 1.165) is 49.1 Å². The molecule has 2 aromatic carbocycles. The fraction of sp³-hybridized carbons (Fsp3) is 0.357. The Morgan fingerprint density at radius 1 is 1.00 bits per heavy atom. The molecule has 1 fully saturated rings. The summed E-state index contributed by atoms with van der Waals surface area (Å²) in [6.07, 6.45) is 2.21. The fourth-order valence-corrected chi connectivity index (χ4v) is 5.71. The highest BCUT2D eigenvalue weighted by Crippen LogP contribution is 2.25. The molecule has 0 spiro atoms. The number of hydrogen-bond acceptors (Lipinski definition) is 4. The lowest BCUT2D eigenvalue weighted by Gasteiger charge is -2.30. The Bertz CT molecular complexity index is 1190. The van der Waals surface area contributed by atoms with Gasteiger partial charge in [-0.2, -0.15) is 5.10 Å². The van der Waals surface area contributed by atoms with Crippen molar-refractivity contribution >= 4 is 22.6 Å². The first kappa shape index (κ1) is 22.9. The monoisotopic (exact) mass is 471 g/mol. The van der Waals surface area contributed by atoms with Crippen molar-refractivity contribution < 1.29 is 0 Å². The summed E-state index contributed by atoms with van der Waals surface area (Å²) in [4.78, 5) is 7.53. The number of amidine groups is 1. The first-order valence-corrected chi connectivity index (χ1v) is 13.1. The van der Waals surface area contributed by atoms with Crippen molar-refractivity contribution in [1.82, 2.24) is 14.9 Å². The van der Waals surface area contributed by atoms with Gasteiger partial charge < -0.3 is 4.57 Å². The molecule has 5 nitrogen and oxygen atoms in total. The minimum Gasteiger partial charge on any atom is -0.318 e. The molecule has 3 heterocycles. The number of aliphatic imine (C=N–C) groups is 1. The largest absolute Gasteiger partial charge is 0.318 e. The molecule has 0 saturated carbocycles. The van der Waals surface area contributed by atoms with Gasteiger partial charge >= 0.3 is 0 Å². The lowest BCUT2D eigenvalue weighted by Crippen LogP contribution is -2.36. The van der Waals surface area contributed by atoms with E-state index in [2.05, 4.69) is 96.3 Å². The highest BCUT2D eigenvalue weighted by Gasteiger charge is 2.22. The predicted molar refractivity (Wildman–Crippen MR) is 144 cm³/mol. The van der Waals surface area contributed by atoms with Gasteiger partial charge in [0.15, 0.2) is 5.17 Å². The van der Waals surface area contributed by atoms with Crippen LogP contribution in [-0.4, -0.2) is 45.2 Å². The number of hydrazone groups is 1. The van der Waals surface area contributed by atoms with Crippen LogP contribution in [-0.2, 0) is 6.54 Å². The Kier molecular flexibility index (Phi) is 6.88. The third-order valence-corrected chi connectivity index (χ3v) is 7.66. The van der Waals surface area contributed by atoms with E-state index < -0.39 is 0 Å². The quantitative estimate of drug-likeness (QED) is 0.537. The Morgan fingerprint density at radius 3 is 2.41 bits per heavy atom. The van der Waals surface area contributed by atoms with Crippen LogP contribution in [0.15, 0.2) is 70.8 Å². The Labute approximate surface area is 207 Å². The zero-order chi connectivity index (χ0) is 23.5. The van der Waals surface area contributed by atoms with Crippen LogP contribution < -0.4 is 5.43 Å². The van der Waals surface area contributed by atoms with E-state index in [1.165, 1.54) is 33.8 Å². The molecule has 2 aliphatic heterocycles. The number of aryl methyl sites for hydroxylation is 2. The van der Waals surface area contributed by atoms with Gasteiger partial charge in [0, 0.05) is 48.0 Å². The first-order valence-electron chi connectivity index (χ1n) is 12.1. The topological polar surface area (TPSA) is 44.9 Å². The van der Waals surface area contributed by atoms with E-state index in [-0.39, 0.29) is 0 Å². The molecule has 34 heavy (non-hydrogen) atoms. The molecule has 6 heteroatoms. The number of nitrogens with zero attached hydrogens (tertiary/aromatic N) is 4. The number of thioether (sulfide) groups is 1. The number of aromatic nitrogens is 1. The van der Waals surface area contributed by atoms with E-state index in [1.807, 2.05) is 0 Å². The predicted octanol–water partition coefficient (Wildman–Crippen LogP) is 5.46. The Hall–Kier alpha value is -2.83. The van der Waals surface area contributed by atoms with E-state index >= 15 is 0 Å². The van der Waals surface area contributed by atoms with Gasteiger partial charge in [-0.05, 0) is 57.4 Å². The third-order valence-electron chi connectivity index (χ3n) is 6.77. The van der Waals surface area contributed by atoms with E-state index in [1.54, 1.807) is 11.8 Å². The molecule has 1 aromatic heterocycles. The van der Waals surface area contributed by atoms with Crippen molar-refractivity contribution in [2.24, 2.45) is 10.1 Å². The summed E-state index contributed by atoms with van der Waals surface area (Å²) in [6.45, 7) is 9.70. The molecule has 0 radical (unpaired) electrons. The molecule has 0 bridgehead atoms. The van der Waals surface area contributed by atoms with E-state index in [0.29, 0.717) is 6.04 Å². The SMILES string of the molecule is Cc1ccc(-n2c(C)cc(C3=NNC(=NC4CCN(Cc5ccccc5)CC4)SC3)c2C)cc1. The molecule has 3 aromatic rings. The Balaban J connectivity index is 1.21. The fourth-order valence-electron chi connectivity index (χ4n) is 4.88. The summed E-state index contributed by atoms with van der Waals surface area (Å²) in [6, 6.07) is 22.1. The smallest absolute Gasteiger partial charge is 0.177 e. The summed E-state index contributed by atoms with van der Waals surface area (Å²) in [5, 5.41) is 5.69. The minimum absolute atomic E-state index is 0.380. The van der Waals surface area contributed by atoms with Gasteiger partial charge in [0.1, 0.15) is 0 Å². The third kappa shape index (κ3) is 5.13. The molecule has 0 atom stereocenters. The molecule has 0 unspecified atom stereocenters. The molecule has 0 amide bonds. The van der Waals surface area contributed by atoms with Crippen molar-refractivity contribution in [3.05, 3.63) is 88.7 Å². The lowest BCUT2D eigenvalue weighted by atomic mass is 10.0. The van der Waals surface area contributed by atoms with Crippen LogP contribution in [0.3, 0.4) is 0 Å². The summed E-state index contributed by atoms with van der Waals surface area (Å²) in [5.41, 5.74) is 11.9. The molecule has 0 aliphatic carbocycles. The van der Waals surface area contributed by atoms with Crippen molar-refractivity contribution in [2.75, 3.05) is 18.8 Å². The van der Waals surface area contributed by atoms with Crippen molar-refractivity contribution in [1.29, 1.82) is 0 Å². The molecule has 1 saturated heterocycles. The number of rotatable bonds is 5. The zero-order valence-electron chi connectivity index (χ0n) is 20.3. The Morgan fingerprint density at radius 2 is 1.74 bits per heavy atom. The molecule has 176 valence electrons. The van der Waals surface area contributed by atoms with Crippen molar-refractivity contribution in [3.8, 4) is 5.69 Å². The highest BCUT2D eigenvalue weighted by molar-refractivity contribution is 8.14. The number of benzene rings is 2. The van der Waals surface area contributed by atoms with Crippen LogP contribution in [0.4, 0.5) is 0 Å². The van der Waals surface area contributed by atoms with Crippen molar-refractivity contribution in [3.63, 3.8) is 0 Å². The van der Waals surface area contributed by atoms with Crippen LogP contribution in [0.25, 0.3) is 5.69 Å².